The molecule has 2 aliphatic rings. The molecule has 1 aromatic rings. The lowest BCUT2D eigenvalue weighted by molar-refractivity contribution is -0.129. The predicted molar refractivity (Wildman–Crippen MR) is 87.1 cm³/mol. The van der Waals surface area contributed by atoms with E-state index in [1.54, 1.807) is 6.92 Å². The molecule has 2 heteroatoms. The Labute approximate surface area is 128 Å². The zero-order valence-electron chi connectivity index (χ0n) is 11.3. The van der Waals surface area contributed by atoms with E-state index in [0.29, 0.717) is 11.7 Å². The van der Waals surface area contributed by atoms with Crippen LogP contribution in [-0.2, 0) is 4.79 Å². The van der Waals surface area contributed by atoms with Crippen molar-refractivity contribution < 1.29 is 4.79 Å². The molecule has 3 rings (SSSR count). The van der Waals surface area contributed by atoms with Gasteiger partial charge in [0.25, 0.3) is 0 Å². The fraction of sp³-hybridized carbons (Fsp3) is 0.471. The zero-order chi connectivity index (χ0) is 13.5. The highest BCUT2D eigenvalue weighted by Gasteiger charge is 2.51. The molecule has 19 heavy (non-hydrogen) atoms. The number of rotatable bonds is 2. The minimum atomic E-state index is -0.0834. The number of allylic oxidation sites excluding steroid dienone is 2. The molecule has 0 spiro atoms. The number of hydrogen-bond donors (Lipinski definition) is 0. The molecule has 1 nitrogen and oxygen atoms in total. The van der Waals surface area contributed by atoms with E-state index in [1.807, 2.05) is 0 Å². The van der Waals surface area contributed by atoms with Crippen LogP contribution in [-0.4, -0.2) is 5.78 Å². The molecule has 2 atom stereocenters. The fourth-order valence-electron chi connectivity index (χ4n) is 3.95. The van der Waals surface area contributed by atoms with Gasteiger partial charge < -0.3 is 0 Å². The second-order valence-electron chi connectivity index (χ2n) is 5.87. The van der Waals surface area contributed by atoms with Crippen molar-refractivity contribution in [2.45, 2.75) is 39.0 Å². The van der Waals surface area contributed by atoms with Crippen LogP contribution in [0.2, 0.25) is 0 Å². The number of halogens is 1. The van der Waals surface area contributed by atoms with Crippen molar-refractivity contribution in [3.63, 3.8) is 0 Å². The summed E-state index contributed by atoms with van der Waals surface area (Å²) in [4.78, 5) is 12.3. The van der Waals surface area contributed by atoms with Crippen molar-refractivity contribution in [3.8, 4) is 0 Å². The molecular weight excluding hydrogens is 347 g/mol. The molecule has 0 saturated heterocycles. The average Bonchev–Trinajstić information content (AvgIpc) is 2.73. The summed E-state index contributed by atoms with van der Waals surface area (Å²) in [7, 11) is 0. The van der Waals surface area contributed by atoms with E-state index in [0.717, 1.165) is 12.8 Å². The van der Waals surface area contributed by atoms with Gasteiger partial charge in [0.15, 0.2) is 0 Å². The molecule has 0 bridgehead atoms. The zero-order valence-corrected chi connectivity index (χ0v) is 13.4. The first kappa shape index (κ1) is 13.3. The van der Waals surface area contributed by atoms with E-state index >= 15 is 0 Å². The standard InChI is InChI=1S/C17H19IO/c1-12(19)17-10-6-5-9-14(17)16(15(18)11-17)13-7-3-2-4-8-13/h2-4,7-8,14H,5-6,9-11H2,1H3/t14-,17+/m0/s1. The second kappa shape index (κ2) is 5.04. The van der Waals surface area contributed by atoms with E-state index in [2.05, 4.69) is 52.9 Å². The van der Waals surface area contributed by atoms with Gasteiger partial charge in [-0.25, -0.2) is 0 Å². The molecule has 2 aliphatic carbocycles. The number of benzene rings is 1. The third-order valence-corrected chi connectivity index (χ3v) is 5.89. The largest absolute Gasteiger partial charge is 0.299 e. The molecule has 0 unspecified atom stereocenters. The highest BCUT2D eigenvalue weighted by atomic mass is 127. The van der Waals surface area contributed by atoms with E-state index in [-0.39, 0.29) is 5.41 Å². The van der Waals surface area contributed by atoms with Crippen LogP contribution in [0, 0.1) is 11.3 Å². The smallest absolute Gasteiger partial charge is 0.136 e. The van der Waals surface area contributed by atoms with Gasteiger partial charge in [0.2, 0.25) is 0 Å². The van der Waals surface area contributed by atoms with Gasteiger partial charge in [0, 0.05) is 5.41 Å². The van der Waals surface area contributed by atoms with Gasteiger partial charge in [-0.2, -0.15) is 0 Å². The van der Waals surface area contributed by atoms with Crippen molar-refractivity contribution in [3.05, 3.63) is 39.5 Å². The van der Waals surface area contributed by atoms with E-state index in [9.17, 15) is 4.79 Å². The lowest BCUT2D eigenvalue weighted by atomic mass is 9.63. The quantitative estimate of drug-likeness (QED) is 0.673. The molecule has 0 amide bonds. The Morgan fingerprint density at radius 1 is 1.26 bits per heavy atom. The summed E-state index contributed by atoms with van der Waals surface area (Å²) in [6.07, 6.45) is 5.70. The molecule has 0 aliphatic heterocycles. The van der Waals surface area contributed by atoms with Crippen LogP contribution in [0.15, 0.2) is 33.9 Å². The van der Waals surface area contributed by atoms with Crippen LogP contribution in [0.1, 0.15) is 44.6 Å². The van der Waals surface area contributed by atoms with Gasteiger partial charge in [-0.15, -0.1) is 0 Å². The predicted octanol–water partition coefficient (Wildman–Crippen LogP) is 5.00. The van der Waals surface area contributed by atoms with Crippen molar-refractivity contribution in [2.75, 3.05) is 0 Å². The maximum absolute atomic E-state index is 12.3. The third kappa shape index (κ3) is 2.08. The molecule has 1 saturated carbocycles. The fourth-order valence-corrected chi connectivity index (χ4v) is 5.32. The van der Waals surface area contributed by atoms with E-state index in [1.165, 1.54) is 34.0 Å². The highest BCUT2D eigenvalue weighted by Crippen LogP contribution is 2.59. The normalized spacial score (nSPS) is 30.3. The van der Waals surface area contributed by atoms with Crippen molar-refractivity contribution >= 4 is 33.9 Å². The first-order valence-electron chi connectivity index (χ1n) is 7.10. The van der Waals surface area contributed by atoms with Gasteiger partial charge in [-0.3, -0.25) is 4.79 Å². The second-order valence-corrected chi connectivity index (χ2v) is 7.17. The number of hydrogen-bond acceptors (Lipinski definition) is 1. The third-order valence-electron chi connectivity index (χ3n) is 4.93. The molecule has 1 aromatic carbocycles. The molecule has 100 valence electrons. The van der Waals surface area contributed by atoms with E-state index in [4.69, 9.17) is 0 Å². The molecule has 0 radical (unpaired) electrons. The summed E-state index contributed by atoms with van der Waals surface area (Å²) in [5.41, 5.74) is 2.69. The van der Waals surface area contributed by atoms with Crippen molar-refractivity contribution in [1.29, 1.82) is 0 Å². The van der Waals surface area contributed by atoms with Gasteiger partial charge >= 0.3 is 0 Å². The summed E-state index contributed by atoms with van der Waals surface area (Å²) >= 11 is 2.47. The minimum Gasteiger partial charge on any atom is -0.299 e. The number of Topliss-reactive ketones (excluding diaryl/α,β-unsaturated/α-hetero) is 1. The summed E-state index contributed by atoms with van der Waals surface area (Å²) < 4.78 is 1.41. The number of fused-ring (bicyclic) bond motifs is 1. The summed E-state index contributed by atoms with van der Waals surface area (Å²) in [6, 6.07) is 10.6. The lowest BCUT2D eigenvalue weighted by Crippen LogP contribution is -2.37. The summed E-state index contributed by atoms with van der Waals surface area (Å²) in [5.74, 6) is 0.852. The molecule has 0 aromatic heterocycles. The van der Waals surface area contributed by atoms with Gasteiger partial charge in [-0.05, 0) is 69.4 Å². The first-order chi connectivity index (χ1) is 9.15. The Kier molecular flexibility index (Phi) is 3.54. The van der Waals surface area contributed by atoms with Gasteiger partial charge in [0.05, 0.1) is 0 Å². The van der Waals surface area contributed by atoms with Crippen LogP contribution >= 0.6 is 22.6 Å². The maximum Gasteiger partial charge on any atom is 0.136 e. The number of ketones is 1. The van der Waals surface area contributed by atoms with E-state index < -0.39 is 0 Å². The monoisotopic (exact) mass is 366 g/mol. The topological polar surface area (TPSA) is 17.1 Å². The first-order valence-corrected chi connectivity index (χ1v) is 8.18. The van der Waals surface area contributed by atoms with Crippen LogP contribution < -0.4 is 0 Å². The molecule has 1 fully saturated rings. The summed E-state index contributed by atoms with van der Waals surface area (Å²) in [6.45, 7) is 1.80. The van der Waals surface area contributed by atoms with Crippen LogP contribution in [0.5, 0.6) is 0 Å². The van der Waals surface area contributed by atoms with Crippen LogP contribution in [0.25, 0.3) is 5.57 Å². The summed E-state index contributed by atoms with van der Waals surface area (Å²) in [5, 5.41) is 0. The lowest BCUT2D eigenvalue weighted by Gasteiger charge is -2.39. The van der Waals surface area contributed by atoms with Crippen LogP contribution in [0.4, 0.5) is 0 Å². The SMILES string of the molecule is CC(=O)[C@]12CCCC[C@H]1C(c1ccccc1)=C(I)C2. The molecule has 0 heterocycles. The van der Waals surface area contributed by atoms with Crippen molar-refractivity contribution in [2.24, 2.45) is 11.3 Å². The Balaban J connectivity index is 2.06. The van der Waals surface area contributed by atoms with Crippen molar-refractivity contribution in [1.82, 2.24) is 0 Å². The minimum absolute atomic E-state index is 0.0834. The molecular formula is C17H19IO. The Morgan fingerprint density at radius 3 is 2.68 bits per heavy atom. The highest BCUT2D eigenvalue weighted by molar-refractivity contribution is 14.1. The van der Waals surface area contributed by atoms with Gasteiger partial charge in [0.1, 0.15) is 5.78 Å². The number of carbonyl (C=O) groups excluding carboxylic acids is 1. The Hall–Kier alpha value is -0.640. The maximum atomic E-state index is 12.3. The average molecular weight is 366 g/mol. The van der Waals surface area contributed by atoms with Gasteiger partial charge in [-0.1, -0.05) is 43.2 Å². The number of carbonyl (C=O) groups is 1. The Bertz CT molecular complexity index is 531. The Morgan fingerprint density at radius 2 is 2.00 bits per heavy atom. The van der Waals surface area contributed by atoms with Crippen LogP contribution in [0.3, 0.4) is 0 Å². The molecule has 0 N–H and O–H groups in total.